The zero-order chi connectivity index (χ0) is 13.7. The van der Waals surface area contributed by atoms with Crippen LogP contribution in [0.25, 0.3) is 0 Å². The average molecular weight is 261 g/mol. The normalized spacial score (nSPS) is 17.7. The lowest BCUT2D eigenvalue weighted by molar-refractivity contribution is -0.122. The molecule has 0 spiro atoms. The molecule has 19 heavy (non-hydrogen) atoms. The van der Waals surface area contributed by atoms with Crippen LogP contribution in [-0.2, 0) is 11.2 Å². The van der Waals surface area contributed by atoms with Crippen LogP contribution < -0.4 is 10.6 Å². The Kier molecular flexibility index (Phi) is 4.80. The van der Waals surface area contributed by atoms with E-state index >= 15 is 0 Å². The van der Waals surface area contributed by atoms with Gasteiger partial charge in [0.25, 0.3) is 0 Å². The molecule has 1 heterocycles. The van der Waals surface area contributed by atoms with Crippen molar-refractivity contribution in [2.75, 3.05) is 32.0 Å². The van der Waals surface area contributed by atoms with E-state index in [1.807, 2.05) is 0 Å². The van der Waals surface area contributed by atoms with Crippen LogP contribution in [0.1, 0.15) is 18.9 Å². The van der Waals surface area contributed by atoms with Crippen molar-refractivity contribution in [1.82, 2.24) is 10.2 Å². The minimum Gasteiger partial charge on any atom is -0.383 e. The van der Waals surface area contributed by atoms with Gasteiger partial charge in [-0.15, -0.1) is 0 Å². The van der Waals surface area contributed by atoms with Crippen molar-refractivity contribution < 1.29 is 4.79 Å². The number of rotatable bonds is 5. The summed E-state index contributed by atoms with van der Waals surface area (Å²) in [5, 5.41) is 6.18. The van der Waals surface area contributed by atoms with Crippen molar-refractivity contribution >= 4 is 11.6 Å². The molecule has 2 N–H and O–H groups in total. The standard InChI is InChI=1S/C15H23N3O/c1-3-8-18(11-15(19)16-2)13-9-12-6-4-5-7-14(12)17-10-13/h4-7,13,17H,3,8-11H2,1-2H3,(H,16,19). The Hall–Kier alpha value is -1.55. The first-order valence-electron chi connectivity index (χ1n) is 7.01. The number of para-hydroxylation sites is 1. The molecule has 104 valence electrons. The van der Waals surface area contributed by atoms with Gasteiger partial charge < -0.3 is 10.6 Å². The van der Waals surface area contributed by atoms with E-state index in [9.17, 15) is 4.79 Å². The maximum Gasteiger partial charge on any atom is 0.233 e. The summed E-state index contributed by atoms with van der Waals surface area (Å²) in [7, 11) is 1.70. The van der Waals surface area contributed by atoms with E-state index in [0.29, 0.717) is 12.6 Å². The molecule has 1 aliphatic rings. The van der Waals surface area contributed by atoms with Crippen molar-refractivity contribution in [2.45, 2.75) is 25.8 Å². The highest BCUT2D eigenvalue weighted by Crippen LogP contribution is 2.23. The van der Waals surface area contributed by atoms with Crippen LogP contribution in [0.15, 0.2) is 24.3 Å². The topological polar surface area (TPSA) is 44.4 Å². The molecule has 1 unspecified atom stereocenters. The molecule has 0 aromatic heterocycles. The van der Waals surface area contributed by atoms with Gasteiger partial charge in [0.05, 0.1) is 6.54 Å². The van der Waals surface area contributed by atoms with Crippen molar-refractivity contribution in [3.8, 4) is 0 Å². The number of nitrogens with one attached hydrogen (secondary N) is 2. The van der Waals surface area contributed by atoms with Gasteiger partial charge in [0.15, 0.2) is 0 Å². The quantitative estimate of drug-likeness (QED) is 0.844. The van der Waals surface area contributed by atoms with Gasteiger partial charge in [0.1, 0.15) is 0 Å². The maximum absolute atomic E-state index is 11.6. The molecule has 0 fully saturated rings. The number of nitrogens with zero attached hydrogens (tertiary/aromatic N) is 1. The van der Waals surface area contributed by atoms with E-state index in [1.165, 1.54) is 11.3 Å². The van der Waals surface area contributed by atoms with Crippen LogP contribution in [0.3, 0.4) is 0 Å². The zero-order valence-corrected chi connectivity index (χ0v) is 11.8. The number of hydrogen-bond acceptors (Lipinski definition) is 3. The molecular weight excluding hydrogens is 238 g/mol. The zero-order valence-electron chi connectivity index (χ0n) is 11.8. The first kappa shape index (κ1) is 13.9. The van der Waals surface area contributed by atoms with Gasteiger partial charge in [0.2, 0.25) is 5.91 Å². The van der Waals surface area contributed by atoms with Crippen LogP contribution in [0.4, 0.5) is 5.69 Å². The van der Waals surface area contributed by atoms with Crippen molar-refractivity contribution in [3.05, 3.63) is 29.8 Å². The molecule has 1 aliphatic heterocycles. The third kappa shape index (κ3) is 3.47. The molecular formula is C15H23N3O. The molecule has 1 atom stereocenters. The fourth-order valence-electron chi connectivity index (χ4n) is 2.62. The maximum atomic E-state index is 11.6. The Morgan fingerprint density at radius 2 is 2.26 bits per heavy atom. The third-order valence-corrected chi connectivity index (χ3v) is 3.65. The summed E-state index contributed by atoms with van der Waals surface area (Å²) in [5.41, 5.74) is 2.58. The van der Waals surface area contributed by atoms with E-state index in [4.69, 9.17) is 0 Å². The molecule has 0 bridgehead atoms. The van der Waals surface area contributed by atoms with Crippen LogP contribution in [-0.4, -0.2) is 43.5 Å². The Labute approximate surface area is 115 Å². The number of amides is 1. The predicted octanol–water partition coefficient (Wildman–Crippen LogP) is 1.48. The second kappa shape index (κ2) is 6.57. The van der Waals surface area contributed by atoms with E-state index in [-0.39, 0.29) is 5.91 Å². The van der Waals surface area contributed by atoms with E-state index in [2.05, 4.69) is 46.7 Å². The lowest BCUT2D eigenvalue weighted by Crippen LogP contribution is -2.48. The van der Waals surface area contributed by atoms with Gasteiger partial charge in [-0.1, -0.05) is 25.1 Å². The number of hydrogen-bond donors (Lipinski definition) is 2. The summed E-state index contributed by atoms with van der Waals surface area (Å²) >= 11 is 0. The first-order valence-corrected chi connectivity index (χ1v) is 7.01. The Morgan fingerprint density at radius 1 is 1.47 bits per heavy atom. The minimum atomic E-state index is 0.0901. The van der Waals surface area contributed by atoms with Crippen molar-refractivity contribution in [1.29, 1.82) is 0 Å². The number of benzene rings is 1. The SMILES string of the molecule is CCCN(CC(=O)NC)C1CNc2ccccc2C1. The number of likely N-dealkylation sites (N-methyl/N-ethyl adjacent to an activating group) is 1. The fourth-order valence-corrected chi connectivity index (χ4v) is 2.62. The summed E-state index contributed by atoms with van der Waals surface area (Å²) in [6, 6.07) is 8.81. The lowest BCUT2D eigenvalue weighted by atomic mass is 9.98. The summed E-state index contributed by atoms with van der Waals surface area (Å²) in [6.07, 6.45) is 2.08. The molecule has 1 aromatic carbocycles. The molecule has 0 radical (unpaired) electrons. The number of fused-ring (bicyclic) bond motifs is 1. The molecule has 0 saturated heterocycles. The highest BCUT2D eigenvalue weighted by molar-refractivity contribution is 5.77. The van der Waals surface area contributed by atoms with Gasteiger partial charge in [-0.05, 0) is 31.0 Å². The largest absolute Gasteiger partial charge is 0.383 e. The Balaban J connectivity index is 2.05. The van der Waals surface area contributed by atoms with Crippen LogP contribution in [0.2, 0.25) is 0 Å². The average Bonchev–Trinajstić information content (AvgIpc) is 2.46. The lowest BCUT2D eigenvalue weighted by Gasteiger charge is -2.35. The summed E-state index contributed by atoms with van der Waals surface area (Å²) in [5.74, 6) is 0.0901. The third-order valence-electron chi connectivity index (χ3n) is 3.65. The summed E-state index contributed by atoms with van der Waals surface area (Å²) in [6.45, 7) is 4.51. The number of anilines is 1. The molecule has 1 amide bonds. The van der Waals surface area contributed by atoms with Crippen LogP contribution in [0, 0.1) is 0 Å². The second-order valence-corrected chi connectivity index (χ2v) is 5.04. The first-order chi connectivity index (χ1) is 9.24. The smallest absolute Gasteiger partial charge is 0.233 e. The summed E-state index contributed by atoms with van der Waals surface area (Å²) in [4.78, 5) is 13.9. The molecule has 4 heteroatoms. The van der Waals surface area contributed by atoms with Crippen LogP contribution >= 0.6 is 0 Å². The highest BCUT2D eigenvalue weighted by Gasteiger charge is 2.24. The second-order valence-electron chi connectivity index (χ2n) is 5.04. The molecule has 0 aliphatic carbocycles. The fraction of sp³-hybridized carbons (Fsp3) is 0.533. The van der Waals surface area contributed by atoms with E-state index < -0.39 is 0 Å². The molecule has 1 aromatic rings. The predicted molar refractivity (Wildman–Crippen MR) is 78.4 cm³/mol. The van der Waals surface area contributed by atoms with Crippen molar-refractivity contribution in [3.63, 3.8) is 0 Å². The van der Waals surface area contributed by atoms with Gasteiger partial charge in [-0.2, -0.15) is 0 Å². The van der Waals surface area contributed by atoms with Gasteiger partial charge in [-0.25, -0.2) is 0 Å². The highest BCUT2D eigenvalue weighted by atomic mass is 16.1. The molecule has 2 rings (SSSR count). The number of carbonyl (C=O) groups is 1. The van der Waals surface area contributed by atoms with E-state index in [0.717, 1.165) is 25.9 Å². The van der Waals surface area contributed by atoms with Gasteiger partial charge in [0, 0.05) is 25.3 Å². The van der Waals surface area contributed by atoms with E-state index in [1.54, 1.807) is 7.05 Å². The number of carbonyl (C=O) groups excluding carboxylic acids is 1. The minimum absolute atomic E-state index is 0.0901. The molecule has 0 saturated carbocycles. The van der Waals surface area contributed by atoms with Crippen LogP contribution in [0.5, 0.6) is 0 Å². The Morgan fingerprint density at radius 3 is 3.00 bits per heavy atom. The monoisotopic (exact) mass is 261 g/mol. The van der Waals surface area contributed by atoms with Gasteiger partial charge >= 0.3 is 0 Å². The summed E-state index contributed by atoms with van der Waals surface area (Å²) < 4.78 is 0. The van der Waals surface area contributed by atoms with Crippen molar-refractivity contribution in [2.24, 2.45) is 0 Å². The Bertz CT molecular complexity index is 433. The van der Waals surface area contributed by atoms with Gasteiger partial charge in [-0.3, -0.25) is 9.69 Å². The molecule has 4 nitrogen and oxygen atoms in total.